The van der Waals surface area contributed by atoms with Gasteiger partial charge < -0.3 is 15.4 Å². The van der Waals surface area contributed by atoms with Crippen LogP contribution in [0.4, 0.5) is 17.6 Å². The van der Waals surface area contributed by atoms with Crippen molar-refractivity contribution in [2.24, 2.45) is 0 Å². The molecule has 12 heteroatoms. The summed E-state index contributed by atoms with van der Waals surface area (Å²) in [5.74, 6) is 0.625. The van der Waals surface area contributed by atoms with Crippen LogP contribution in [0.1, 0.15) is 24.1 Å². The number of benzene rings is 3. The standard InChI is InChI=1S/C26H23ClN6O4S/c1-16(34)28-19-11-13-20(14-12-19)38(35,36)32-25-30-26-29-22(17-7-9-18(27)10-8-17)15-23(33(26)31-25)21-5-3-4-6-24(21)37-2/h3-15,23H,1-2H3,(H,28,34)(H2,29,30,31,32)/t23-/m0/s1. The molecule has 0 saturated heterocycles. The number of allylic oxidation sites excluding steroid dienone is 1. The fraction of sp³-hybridized carbons (Fsp3) is 0.115. The van der Waals surface area contributed by atoms with Gasteiger partial charge in [0.1, 0.15) is 11.8 Å². The van der Waals surface area contributed by atoms with Crippen molar-refractivity contribution >= 4 is 50.8 Å². The van der Waals surface area contributed by atoms with Gasteiger partial charge in [0.25, 0.3) is 16.0 Å². The van der Waals surface area contributed by atoms with E-state index in [1.807, 2.05) is 42.5 Å². The zero-order chi connectivity index (χ0) is 26.9. The number of fused-ring (bicyclic) bond motifs is 1. The van der Waals surface area contributed by atoms with Crippen molar-refractivity contribution in [2.45, 2.75) is 17.9 Å². The average molecular weight is 551 g/mol. The van der Waals surface area contributed by atoms with Crippen molar-refractivity contribution in [3.8, 4) is 5.75 Å². The molecule has 1 aromatic heterocycles. The van der Waals surface area contributed by atoms with Crippen LogP contribution >= 0.6 is 11.6 Å². The number of hydrogen-bond acceptors (Lipinski definition) is 7. The normalized spacial score (nSPS) is 14.6. The summed E-state index contributed by atoms with van der Waals surface area (Å²) in [4.78, 5) is 15.7. The van der Waals surface area contributed by atoms with Crippen LogP contribution in [0.25, 0.3) is 5.70 Å². The molecule has 1 atom stereocenters. The molecule has 4 aromatic rings. The molecule has 1 aliphatic heterocycles. The van der Waals surface area contributed by atoms with Gasteiger partial charge in [0.2, 0.25) is 11.9 Å². The molecule has 1 amide bonds. The molecule has 0 unspecified atom stereocenters. The minimum Gasteiger partial charge on any atom is -0.496 e. The van der Waals surface area contributed by atoms with Crippen molar-refractivity contribution in [1.29, 1.82) is 0 Å². The van der Waals surface area contributed by atoms with Crippen LogP contribution in [0, 0.1) is 0 Å². The Morgan fingerprint density at radius 2 is 1.76 bits per heavy atom. The Labute approximate surface area is 224 Å². The van der Waals surface area contributed by atoms with Gasteiger partial charge >= 0.3 is 0 Å². The lowest BCUT2D eigenvalue weighted by atomic mass is 10.0. The third-order valence-corrected chi connectivity index (χ3v) is 7.39. The predicted octanol–water partition coefficient (Wildman–Crippen LogP) is 4.76. The van der Waals surface area contributed by atoms with Crippen LogP contribution in [-0.4, -0.2) is 36.2 Å². The summed E-state index contributed by atoms with van der Waals surface area (Å²) >= 11 is 6.08. The highest BCUT2D eigenvalue weighted by molar-refractivity contribution is 7.92. The number of aromatic nitrogens is 3. The lowest BCUT2D eigenvalue weighted by molar-refractivity contribution is -0.114. The molecular weight excluding hydrogens is 528 g/mol. The summed E-state index contributed by atoms with van der Waals surface area (Å²) in [6, 6.07) is 20.2. The van der Waals surface area contributed by atoms with Crippen LogP contribution in [0.5, 0.6) is 5.75 Å². The van der Waals surface area contributed by atoms with Crippen LogP contribution in [0.15, 0.2) is 83.8 Å². The molecule has 38 heavy (non-hydrogen) atoms. The molecule has 1 aliphatic rings. The van der Waals surface area contributed by atoms with Gasteiger partial charge in [-0.3, -0.25) is 4.79 Å². The largest absolute Gasteiger partial charge is 0.496 e. The summed E-state index contributed by atoms with van der Waals surface area (Å²) in [5, 5.41) is 10.9. The first-order chi connectivity index (χ1) is 18.2. The summed E-state index contributed by atoms with van der Waals surface area (Å²) in [5.41, 5.74) is 2.92. The summed E-state index contributed by atoms with van der Waals surface area (Å²) in [6.07, 6.45) is 1.96. The predicted molar refractivity (Wildman–Crippen MR) is 146 cm³/mol. The fourth-order valence-electron chi connectivity index (χ4n) is 4.07. The van der Waals surface area contributed by atoms with Crippen LogP contribution < -0.4 is 20.1 Å². The maximum absolute atomic E-state index is 13.1. The third-order valence-electron chi connectivity index (χ3n) is 5.79. The van der Waals surface area contributed by atoms with Crippen molar-refractivity contribution in [3.63, 3.8) is 0 Å². The number of hydrogen-bond donors (Lipinski definition) is 3. The Kier molecular flexibility index (Phi) is 6.79. The number of anilines is 3. The molecule has 194 valence electrons. The van der Waals surface area contributed by atoms with Crippen LogP contribution in [0.3, 0.4) is 0 Å². The molecule has 0 spiro atoms. The molecule has 3 aromatic carbocycles. The van der Waals surface area contributed by atoms with E-state index in [2.05, 4.69) is 25.4 Å². The van der Waals surface area contributed by atoms with E-state index in [9.17, 15) is 13.2 Å². The molecule has 0 aliphatic carbocycles. The Morgan fingerprint density at radius 3 is 2.45 bits per heavy atom. The molecule has 0 fully saturated rings. The van der Waals surface area contributed by atoms with Crippen molar-refractivity contribution in [3.05, 3.63) is 95.0 Å². The summed E-state index contributed by atoms with van der Waals surface area (Å²) in [7, 11) is -2.42. The van der Waals surface area contributed by atoms with Gasteiger partial charge in [0.05, 0.1) is 12.0 Å². The number of carbonyl (C=O) groups is 1. The average Bonchev–Trinajstić information content (AvgIpc) is 3.30. The second kappa shape index (κ2) is 10.2. The van der Waals surface area contributed by atoms with E-state index >= 15 is 0 Å². The van der Waals surface area contributed by atoms with E-state index in [-0.39, 0.29) is 16.8 Å². The van der Waals surface area contributed by atoms with Gasteiger partial charge in [0, 0.05) is 28.9 Å². The number of halogens is 1. The number of amides is 1. The highest BCUT2D eigenvalue weighted by Gasteiger charge is 2.28. The monoisotopic (exact) mass is 550 g/mol. The number of rotatable bonds is 7. The highest BCUT2D eigenvalue weighted by Crippen LogP contribution is 2.37. The second-order valence-corrected chi connectivity index (χ2v) is 10.5. The van der Waals surface area contributed by atoms with Crippen molar-refractivity contribution < 1.29 is 17.9 Å². The van der Waals surface area contributed by atoms with Crippen molar-refractivity contribution in [2.75, 3.05) is 22.5 Å². The lowest BCUT2D eigenvalue weighted by Crippen LogP contribution is -2.21. The van der Waals surface area contributed by atoms with Crippen LogP contribution in [-0.2, 0) is 14.8 Å². The number of sulfonamides is 1. The molecule has 0 bridgehead atoms. The number of ether oxygens (including phenoxy) is 1. The third kappa shape index (κ3) is 5.20. The summed E-state index contributed by atoms with van der Waals surface area (Å²) < 4.78 is 35.7. The number of para-hydroxylation sites is 1. The first-order valence-electron chi connectivity index (χ1n) is 11.5. The lowest BCUT2D eigenvalue weighted by Gasteiger charge is -2.25. The minimum atomic E-state index is -4.01. The van der Waals surface area contributed by atoms with Gasteiger partial charge in [-0.1, -0.05) is 41.9 Å². The Bertz CT molecular complexity index is 1630. The van der Waals surface area contributed by atoms with Gasteiger partial charge in [0.15, 0.2) is 0 Å². The molecule has 0 saturated carbocycles. The SMILES string of the molecule is COc1ccccc1[C@@H]1C=C(c2ccc(Cl)cc2)Nc2nc(NS(=O)(=O)c3ccc(NC(C)=O)cc3)nn21. The zero-order valence-corrected chi connectivity index (χ0v) is 21.9. The van der Waals surface area contributed by atoms with Gasteiger partial charge in [-0.15, -0.1) is 5.10 Å². The first-order valence-corrected chi connectivity index (χ1v) is 13.3. The maximum Gasteiger partial charge on any atom is 0.264 e. The molecule has 0 radical (unpaired) electrons. The maximum atomic E-state index is 13.1. The quantitative estimate of drug-likeness (QED) is 0.303. The molecule has 5 rings (SSSR count). The van der Waals surface area contributed by atoms with Crippen LogP contribution in [0.2, 0.25) is 5.02 Å². The van der Waals surface area contributed by atoms with E-state index in [1.165, 1.54) is 31.2 Å². The number of methoxy groups -OCH3 is 1. The van der Waals surface area contributed by atoms with Gasteiger partial charge in [-0.2, -0.15) is 4.98 Å². The molecule has 3 N–H and O–H groups in total. The number of carbonyl (C=O) groups excluding carboxylic acids is 1. The number of nitrogens with one attached hydrogen (secondary N) is 3. The topological polar surface area (TPSA) is 127 Å². The fourth-order valence-corrected chi connectivity index (χ4v) is 5.13. The molecular formula is C26H23ClN6O4S. The van der Waals surface area contributed by atoms with Gasteiger partial charge in [-0.05, 0) is 54.1 Å². The Hall–Kier alpha value is -4.35. The van der Waals surface area contributed by atoms with Gasteiger partial charge in [-0.25, -0.2) is 17.8 Å². The first kappa shape index (κ1) is 25.3. The van der Waals surface area contributed by atoms with E-state index in [0.29, 0.717) is 22.4 Å². The summed E-state index contributed by atoms with van der Waals surface area (Å²) in [6.45, 7) is 1.37. The van der Waals surface area contributed by atoms with E-state index < -0.39 is 16.1 Å². The minimum absolute atomic E-state index is 0.00594. The van der Waals surface area contributed by atoms with E-state index in [4.69, 9.17) is 16.3 Å². The molecule has 10 nitrogen and oxygen atoms in total. The van der Waals surface area contributed by atoms with Crippen molar-refractivity contribution in [1.82, 2.24) is 14.8 Å². The second-order valence-electron chi connectivity index (χ2n) is 8.41. The Morgan fingerprint density at radius 1 is 1.05 bits per heavy atom. The Balaban J connectivity index is 1.50. The highest BCUT2D eigenvalue weighted by atomic mass is 35.5. The molecule has 2 heterocycles. The zero-order valence-electron chi connectivity index (χ0n) is 20.3. The number of nitrogens with zero attached hydrogens (tertiary/aromatic N) is 3. The smallest absolute Gasteiger partial charge is 0.264 e. The van der Waals surface area contributed by atoms with E-state index in [1.54, 1.807) is 23.9 Å². The van der Waals surface area contributed by atoms with E-state index in [0.717, 1.165) is 16.8 Å².